The van der Waals surface area contributed by atoms with Crippen molar-refractivity contribution in [3.05, 3.63) is 28.5 Å². The van der Waals surface area contributed by atoms with Crippen molar-refractivity contribution in [1.82, 2.24) is 4.90 Å². The minimum Gasteiger partial charge on any atom is -0.240 e. The van der Waals surface area contributed by atoms with Crippen molar-refractivity contribution in [2.45, 2.75) is 6.42 Å². The summed E-state index contributed by atoms with van der Waals surface area (Å²) >= 11 is 0. The smallest absolute Gasteiger partial charge is 0.240 e. The van der Waals surface area contributed by atoms with Gasteiger partial charge in [0.15, 0.2) is 0 Å². The molecule has 0 saturated carbocycles. The molecular weight excluding hydrogens is 162 g/mol. The van der Waals surface area contributed by atoms with Crippen molar-refractivity contribution >= 4 is 6.21 Å². The van der Waals surface area contributed by atoms with Crippen molar-refractivity contribution in [3.63, 3.8) is 0 Å². The summed E-state index contributed by atoms with van der Waals surface area (Å²) in [5.41, 5.74) is 1.10. The Balaban J connectivity index is 2.50. The van der Waals surface area contributed by atoms with E-state index in [1.807, 2.05) is 7.05 Å². The normalized spacial score (nSPS) is 20.2. The van der Waals surface area contributed by atoms with Gasteiger partial charge >= 0.3 is 17.6 Å². The zero-order valence-electron chi connectivity index (χ0n) is 7.99. The standard InChI is InChI=1S/C10H13N3/c1-12-7-4-3-5-9-10(12)13(2)8-6-11-9/h3-4,7H,5,8H2,1-2H3/q+2. The highest BCUT2D eigenvalue weighted by atomic mass is 15.3. The highest BCUT2D eigenvalue weighted by Gasteiger charge is 2.32. The predicted octanol–water partition coefficient (Wildman–Crippen LogP) is 1.11. The lowest BCUT2D eigenvalue weighted by Crippen LogP contribution is -2.28. The Morgan fingerprint density at radius 1 is 1.62 bits per heavy atom. The van der Waals surface area contributed by atoms with Crippen molar-refractivity contribution in [3.8, 4) is 6.07 Å². The van der Waals surface area contributed by atoms with Crippen LogP contribution in [-0.2, 0) is 0 Å². The summed E-state index contributed by atoms with van der Waals surface area (Å²) in [5.74, 6) is 1.18. The molecule has 0 atom stereocenters. The Morgan fingerprint density at radius 3 is 3.31 bits per heavy atom. The van der Waals surface area contributed by atoms with E-state index in [0.717, 1.165) is 18.7 Å². The maximum atomic E-state index is 4.29. The average Bonchev–Trinajstić information content (AvgIpc) is 2.29. The second-order valence-electron chi connectivity index (χ2n) is 3.29. The summed E-state index contributed by atoms with van der Waals surface area (Å²) in [6, 6.07) is 3.00. The molecule has 0 aliphatic carbocycles. The zero-order chi connectivity index (χ0) is 9.26. The Hall–Kier alpha value is -1.56. The molecule has 3 heteroatoms. The Labute approximate surface area is 78.1 Å². The van der Waals surface area contributed by atoms with Crippen LogP contribution in [0.15, 0.2) is 23.7 Å². The molecule has 0 aromatic rings. The summed E-state index contributed by atoms with van der Waals surface area (Å²) in [6.45, 7) is 0.775. The van der Waals surface area contributed by atoms with Gasteiger partial charge in [0, 0.05) is 0 Å². The predicted molar refractivity (Wildman–Crippen MR) is 52.9 cm³/mol. The Kier molecular flexibility index (Phi) is 1.90. The fourth-order valence-electron chi connectivity index (χ4n) is 1.63. The van der Waals surface area contributed by atoms with Crippen LogP contribution in [0.5, 0.6) is 0 Å². The third-order valence-corrected chi connectivity index (χ3v) is 2.23. The second kappa shape index (κ2) is 3.06. The van der Waals surface area contributed by atoms with Crippen LogP contribution in [0, 0.1) is 6.07 Å². The fourth-order valence-corrected chi connectivity index (χ4v) is 1.63. The van der Waals surface area contributed by atoms with Gasteiger partial charge in [0.05, 0.1) is 26.7 Å². The topological polar surface area (TPSA) is 10.6 Å². The van der Waals surface area contributed by atoms with Crippen LogP contribution in [0.1, 0.15) is 6.42 Å². The van der Waals surface area contributed by atoms with Gasteiger partial charge in [0.1, 0.15) is 0 Å². The molecule has 13 heavy (non-hydrogen) atoms. The van der Waals surface area contributed by atoms with Gasteiger partial charge in [-0.1, -0.05) is 6.08 Å². The number of hydrogen-bond donors (Lipinski definition) is 0. The Morgan fingerprint density at radius 2 is 2.46 bits per heavy atom. The molecule has 2 rings (SSSR count). The number of rotatable bonds is 0. The van der Waals surface area contributed by atoms with E-state index in [0.29, 0.717) is 0 Å². The van der Waals surface area contributed by atoms with Crippen molar-refractivity contribution in [2.24, 2.45) is 0 Å². The highest BCUT2D eigenvalue weighted by molar-refractivity contribution is 5.67. The van der Waals surface area contributed by atoms with E-state index in [1.54, 1.807) is 0 Å². The third kappa shape index (κ3) is 1.35. The molecule has 0 saturated heterocycles. The third-order valence-electron chi connectivity index (χ3n) is 2.23. The molecule has 0 aromatic carbocycles. The molecule has 0 radical (unpaired) electrons. The van der Waals surface area contributed by atoms with E-state index in [9.17, 15) is 0 Å². The maximum Gasteiger partial charge on any atom is 0.408 e. The van der Waals surface area contributed by atoms with Gasteiger partial charge in [-0.3, -0.25) is 0 Å². The average molecular weight is 175 g/mol. The largest absolute Gasteiger partial charge is 0.408 e. The molecule has 0 N–H and O–H groups in total. The van der Waals surface area contributed by atoms with Crippen LogP contribution in [0.4, 0.5) is 0 Å². The first kappa shape index (κ1) is 8.06. The number of nitrogens with zero attached hydrogens (tertiary/aromatic N) is 3. The molecule has 0 unspecified atom stereocenters. The van der Waals surface area contributed by atoms with Crippen molar-refractivity contribution in [2.75, 3.05) is 20.6 Å². The first-order valence-electron chi connectivity index (χ1n) is 4.40. The number of hydrogen-bond acceptors (Lipinski definition) is 1. The summed E-state index contributed by atoms with van der Waals surface area (Å²) in [7, 11) is 4.11. The van der Waals surface area contributed by atoms with Gasteiger partial charge in [-0.2, -0.15) is 0 Å². The molecule has 3 nitrogen and oxygen atoms in total. The van der Waals surface area contributed by atoms with Gasteiger partial charge < -0.3 is 0 Å². The van der Waals surface area contributed by atoms with Gasteiger partial charge in [0.25, 0.3) is 0 Å². The van der Waals surface area contributed by atoms with E-state index in [1.165, 1.54) is 5.82 Å². The zero-order valence-corrected chi connectivity index (χ0v) is 7.99. The highest BCUT2D eigenvalue weighted by Crippen LogP contribution is 2.19. The summed E-state index contributed by atoms with van der Waals surface area (Å²) in [5, 5.41) is 0. The van der Waals surface area contributed by atoms with E-state index < -0.39 is 0 Å². The summed E-state index contributed by atoms with van der Waals surface area (Å²) in [6.07, 6.45) is 7.12. The molecule has 66 valence electrons. The van der Waals surface area contributed by atoms with Crippen LogP contribution in [0.2, 0.25) is 0 Å². The minimum absolute atomic E-state index is 0.775. The molecule has 0 fully saturated rings. The van der Waals surface area contributed by atoms with E-state index in [-0.39, 0.29) is 0 Å². The van der Waals surface area contributed by atoms with Crippen LogP contribution in [0.25, 0.3) is 4.85 Å². The minimum atomic E-state index is 0.775. The van der Waals surface area contributed by atoms with Crippen LogP contribution < -0.4 is 0 Å². The van der Waals surface area contributed by atoms with Crippen molar-refractivity contribution in [1.29, 1.82) is 0 Å². The van der Waals surface area contributed by atoms with E-state index in [4.69, 9.17) is 0 Å². The molecule has 0 bridgehead atoms. The Bertz CT molecular complexity index is 377. The lowest BCUT2D eigenvalue weighted by Gasteiger charge is -2.10. The lowest BCUT2D eigenvalue weighted by atomic mass is 10.3. The van der Waals surface area contributed by atoms with Gasteiger partial charge in [-0.05, 0) is 10.9 Å². The lowest BCUT2D eigenvalue weighted by molar-refractivity contribution is -0.458. The van der Waals surface area contributed by atoms with Crippen LogP contribution >= 0.6 is 0 Å². The molecule has 2 heterocycles. The molecule has 0 spiro atoms. The monoisotopic (exact) mass is 175 g/mol. The van der Waals surface area contributed by atoms with Crippen molar-refractivity contribution < 1.29 is 4.58 Å². The van der Waals surface area contributed by atoms with Gasteiger partial charge in [-0.15, -0.1) is 0 Å². The second-order valence-corrected chi connectivity index (χ2v) is 3.29. The van der Waals surface area contributed by atoms with Crippen LogP contribution in [-0.4, -0.2) is 36.3 Å². The molecular formula is C10H13N3+2. The summed E-state index contributed by atoms with van der Waals surface area (Å²) < 4.78 is 2.10. The maximum absolute atomic E-state index is 4.29. The first-order valence-corrected chi connectivity index (χ1v) is 4.40. The molecule has 0 amide bonds. The van der Waals surface area contributed by atoms with E-state index >= 15 is 0 Å². The number of allylic oxidation sites excluding steroid dienone is 2. The molecule has 0 aromatic heterocycles. The molecule has 2 aliphatic rings. The first-order chi connectivity index (χ1) is 6.29. The quantitative estimate of drug-likeness (QED) is 0.396. The van der Waals surface area contributed by atoms with Crippen LogP contribution in [0.3, 0.4) is 0 Å². The fraction of sp³-hybridized carbons (Fsp3) is 0.400. The SMILES string of the molecule is CN1CC#[N+]C2=C1[N+](C)=CC=CC2. The molecule has 2 aliphatic heterocycles. The van der Waals surface area contributed by atoms with E-state index in [2.05, 4.69) is 45.8 Å². The van der Waals surface area contributed by atoms with Gasteiger partial charge in [0.2, 0.25) is 6.54 Å². The van der Waals surface area contributed by atoms with Gasteiger partial charge in [-0.25, -0.2) is 9.48 Å². The summed E-state index contributed by atoms with van der Waals surface area (Å²) in [4.78, 5) is 6.45.